The van der Waals surface area contributed by atoms with Gasteiger partial charge < -0.3 is 22.7 Å². The highest BCUT2D eigenvalue weighted by molar-refractivity contribution is 5.94. The molecule has 2 rings (SSSR count). The summed E-state index contributed by atoms with van der Waals surface area (Å²) in [6.07, 6.45) is 0. The van der Waals surface area contributed by atoms with Crippen molar-refractivity contribution in [2.45, 2.75) is 0 Å². The van der Waals surface area contributed by atoms with Crippen molar-refractivity contribution in [3.63, 3.8) is 0 Å². The molecule has 104 valence electrons. The van der Waals surface area contributed by atoms with Gasteiger partial charge in [-0.25, -0.2) is 4.99 Å². The van der Waals surface area contributed by atoms with Crippen LogP contribution in [0, 0.1) is 0 Å². The normalized spacial score (nSPS) is 10.5. The second-order valence-electron chi connectivity index (χ2n) is 3.89. The number of aliphatic imine (C=N–C) groups is 2. The summed E-state index contributed by atoms with van der Waals surface area (Å²) in [5.41, 5.74) is 18.9. The Morgan fingerprint density at radius 2 is 1.40 bits per heavy atom. The number of guanidine groups is 2. The summed E-state index contributed by atoms with van der Waals surface area (Å²) in [6.45, 7) is 0. The molecular weight excluding hydrogens is 254 g/mol. The molecular formula is C14H17N5O. The largest absolute Gasteiger partial charge is 0.412 e. The first-order chi connectivity index (χ1) is 9.16. The molecule has 0 spiro atoms. The average molecular weight is 271 g/mol. The van der Waals surface area contributed by atoms with Crippen LogP contribution < -0.4 is 17.2 Å². The number of rotatable bonds is 2. The summed E-state index contributed by atoms with van der Waals surface area (Å²) < 4.78 is 0. The SMILES string of the molecule is NC(N)=NC(N)=Nc1ccccc1-c1ccccc1.O. The second-order valence-corrected chi connectivity index (χ2v) is 3.89. The van der Waals surface area contributed by atoms with Crippen molar-refractivity contribution in [3.05, 3.63) is 54.6 Å². The maximum absolute atomic E-state index is 5.66. The van der Waals surface area contributed by atoms with E-state index < -0.39 is 0 Å². The van der Waals surface area contributed by atoms with E-state index in [4.69, 9.17) is 17.2 Å². The molecule has 0 aromatic heterocycles. The van der Waals surface area contributed by atoms with Crippen LogP contribution in [0.3, 0.4) is 0 Å². The van der Waals surface area contributed by atoms with Crippen LogP contribution >= 0.6 is 0 Å². The van der Waals surface area contributed by atoms with Crippen LogP contribution in [0.15, 0.2) is 64.6 Å². The van der Waals surface area contributed by atoms with Crippen molar-refractivity contribution in [1.82, 2.24) is 0 Å². The highest BCUT2D eigenvalue weighted by Crippen LogP contribution is 2.29. The van der Waals surface area contributed by atoms with Gasteiger partial charge in [0.2, 0.25) is 5.96 Å². The minimum absolute atomic E-state index is 0. The summed E-state index contributed by atoms with van der Waals surface area (Å²) in [5.74, 6) is -0.0816. The quantitative estimate of drug-likeness (QED) is 0.549. The molecule has 0 bridgehead atoms. The van der Waals surface area contributed by atoms with Gasteiger partial charge in [0, 0.05) is 5.56 Å². The standard InChI is InChI=1S/C14H15N5.H2O/c15-13(16)19-14(17)18-12-9-5-4-8-11(12)10-6-2-1-3-7-10;/h1-9H,(H6,15,16,17,18,19);1H2. The van der Waals surface area contributed by atoms with Gasteiger partial charge in [-0.2, -0.15) is 4.99 Å². The van der Waals surface area contributed by atoms with Crippen molar-refractivity contribution in [1.29, 1.82) is 0 Å². The maximum Gasteiger partial charge on any atom is 0.223 e. The number of nitrogens with two attached hydrogens (primary N) is 3. The second kappa shape index (κ2) is 6.91. The van der Waals surface area contributed by atoms with Gasteiger partial charge >= 0.3 is 0 Å². The zero-order valence-electron chi connectivity index (χ0n) is 10.8. The molecule has 2 aromatic carbocycles. The lowest BCUT2D eigenvalue weighted by Crippen LogP contribution is -2.26. The van der Waals surface area contributed by atoms with Gasteiger partial charge in [-0.15, -0.1) is 0 Å². The van der Waals surface area contributed by atoms with Gasteiger partial charge in [0.25, 0.3) is 0 Å². The molecule has 8 N–H and O–H groups in total. The molecule has 2 aromatic rings. The molecule has 0 aliphatic carbocycles. The molecule has 0 aliphatic heterocycles. The highest BCUT2D eigenvalue weighted by Gasteiger charge is 2.03. The number of hydrogen-bond donors (Lipinski definition) is 3. The summed E-state index contributed by atoms with van der Waals surface area (Å²) >= 11 is 0. The van der Waals surface area contributed by atoms with E-state index in [1.807, 2.05) is 54.6 Å². The lowest BCUT2D eigenvalue weighted by Gasteiger charge is -2.05. The van der Waals surface area contributed by atoms with Crippen LogP contribution in [0.2, 0.25) is 0 Å². The van der Waals surface area contributed by atoms with E-state index in [2.05, 4.69) is 9.98 Å². The third kappa shape index (κ3) is 3.82. The predicted molar refractivity (Wildman–Crippen MR) is 82.6 cm³/mol. The van der Waals surface area contributed by atoms with Crippen LogP contribution in [0.1, 0.15) is 0 Å². The predicted octanol–water partition coefficient (Wildman–Crippen LogP) is 0.749. The fourth-order valence-corrected chi connectivity index (χ4v) is 1.71. The third-order valence-corrected chi connectivity index (χ3v) is 2.47. The van der Waals surface area contributed by atoms with Crippen molar-refractivity contribution >= 4 is 17.6 Å². The van der Waals surface area contributed by atoms with Crippen molar-refractivity contribution in [2.24, 2.45) is 27.2 Å². The molecule has 0 aliphatic rings. The lowest BCUT2D eigenvalue weighted by molar-refractivity contribution is 0.824. The molecule has 0 atom stereocenters. The Kier molecular flexibility index (Phi) is 5.25. The molecule has 0 heterocycles. The van der Waals surface area contributed by atoms with Gasteiger partial charge in [-0.1, -0.05) is 48.5 Å². The van der Waals surface area contributed by atoms with Crippen molar-refractivity contribution < 1.29 is 5.48 Å². The van der Waals surface area contributed by atoms with Crippen molar-refractivity contribution in [2.75, 3.05) is 0 Å². The smallest absolute Gasteiger partial charge is 0.223 e. The van der Waals surface area contributed by atoms with E-state index in [0.29, 0.717) is 0 Å². The number of nitrogens with zero attached hydrogens (tertiary/aromatic N) is 2. The number of benzene rings is 2. The Morgan fingerprint density at radius 3 is 2.05 bits per heavy atom. The van der Waals surface area contributed by atoms with E-state index >= 15 is 0 Å². The van der Waals surface area contributed by atoms with Gasteiger partial charge in [0.05, 0.1) is 5.69 Å². The molecule has 0 unspecified atom stereocenters. The summed E-state index contributed by atoms with van der Waals surface area (Å²) in [6, 6.07) is 17.6. The minimum Gasteiger partial charge on any atom is -0.412 e. The Morgan fingerprint density at radius 1 is 0.800 bits per heavy atom. The van der Waals surface area contributed by atoms with Crippen LogP contribution in [0.5, 0.6) is 0 Å². The monoisotopic (exact) mass is 271 g/mol. The third-order valence-electron chi connectivity index (χ3n) is 2.47. The first-order valence-corrected chi connectivity index (χ1v) is 5.75. The van der Waals surface area contributed by atoms with Crippen LogP contribution in [-0.2, 0) is 0 Å². The molecule has 20 heavy (non-hydrogen) atoms. The Hall–Kier alpha value is -2.86. The van der Waals surface area contributed by atoms with Crippen LogP contribution in [0.4, 0.5) is 5.69 Å². The van der Waals surface area contributed by atoms with E-state index in [9.17, 15) is 0 Å². The molecule has 0 saturated heterocycles. The van der Waals surface area contributed by atoms with E-state index in [1.54, 1.807) is 0 Å². The highest BCUT2D eigenvalue weighted by atomic mass is 16.0. The summed E-state index contributed by atoms with van der Waals surface area (Å²) in [7, 11) is 0. The van der Waals surface area contributed by atoms with E-state index in [1.165, 1.54) is 0 Å². The van der Waals surface area contributed by atoms with E-state index in [0.717, 1.165) is 16.8 Å². The zero-order valence-corrected chi connectivity index (χ0v) is 10.8. The number of hydrogen-bond acceptors (Lipinski definition) is 1. The topological polar surface area (TPSA) is 134 Å². The molecule has 6 heteroatoms. The minimum atomic E-state index is -0.113. The fraction of sp³-hybridized carbons (Fsp3) is 0. The van der Waals surface area contributed by atoms with Crippen molar-refractivity contribution in [3.8, 4) is 11.1 Å². The molecule has 0 saturated carbocycles. The molecule has 6 nitrogen and oxygen atoms in total. The number of para-hydroxylation sites is 1. The first-order valence-electron chi connectivity index (χ1n) is 5.75. The van der Waals surface area contributed by atoms with Gasteiger partial charge in [-0.3, -0.25) is 0 Å². The Balaban J connectivity index is 0.00000200. The van der Waals surface area contributed by atoms with Gasteiger partial charge in [0.15, 0.2) is 5.96 Å². The first kappa shape index (κ1) is 15.2. The van der Waals surface area contributed by atoms with Gasteiger partial charge in [0.1, 0.15) is 0 Å². The fourth-order valence-electron chi connectivity index (χ4n) is 1.71. The maximum atomic E-state index is 5.66. The Labute approximate surface area is 117 Å². The zero-order chi connectivity index (χ0) is 13.7. The van der Waals surface area contributed by atoms with E-state index in [-0.39, 0.29) is 17.4 Å². The summed E-state index contributed by atoms with van der Waals surface area (Å²) in [4.78, 5) is 7.93. The summed E-state index contributed by atoms with van der Waals surface area (Å²) in [5, 5.41) is 0. The Bertz CT molecular complexity index is 618. The lowest BCUT2D eigenvalue weighted by atomic mass is 10.0. The van der Waals surface area contributed by atoms with Crippen LogP contribution in [0.25, 0.3) is 11.1 Å². The van der Waals surface area contributed by atoms with Crippen LogP contribution in [-0.4, -0.2) is 17.4 Å². The molecule has 0 amide bonds. The molecule has 0 radical (unpaired) electrons. The molecule has 0 fully saturated rings. The van der Waals surface area contributed by atoms with Gasteiger partial charge in [-0.05, 0) is 11.6 Å². The average Bonchev–Trinajstić information content (AvgIpc) is 2.39.